The first-order valence-electron chi connectivity index (χ1n) is 4.67. The van der Waals surface area contributed by atoms with Gasteiger partial charge in [0, 0.05) is 6.07 Å². The molecule has 1 unspecified atom stereocenters. The lowest BCUT2D eigenvalue weighted by atomic mass is 9.97. The largest absolute Gasteiger partial charge is 0.496 e. The first-order chi connectivity index (χ1) is 7.79. The van der Waals surface area contributed by atoms with Gasteiger partial charge in [0.2, 0.25) is 0 Å². The van der Waals surface area contributed by atoms with Gasteiger partial charge in [-0.05, 0) is 13.0 Å². The Hall–Kier alpha value is -1.79. The van der Waals surface area contributed by atoms with E-state index in [9.17, 15) is 23.3 Å². The molecule has 0 aromatic heterocycles. The third kappa shape index (κ3) is 2.66. The molecule has 0 aliphatic heterocycles. The molecule has 0 N–H and O–H groups in total. The Morgan fingerprint density at radius 1 is 1.41 bits per heavy atom. The highest BCUT2D eigenvalue weighted by Crippen LogP contribution is 2.43. The number of methoxy groups -OCH3 is 1. The monoisotopic (exact) mass is 249 g/mol. The Labute approximate surface area is 95.2 Å². The molecule has 4 nitrogen and oxygen atoms in total. The van der Waals surface area contributed by atoms with Gasteiger partial charge in [0.05, 0.1) is 23.5 Å². The first-order valence-corrected chi connectivity index (χ1v) is 4.67. The summed E-state index contributed by atoms with van der Waals surface area (Å²) < 4.78 is 42.6. The minimum atomic E-state index is -4.56. The van der Waals surface area contributed by atoms with Crippen LogP contribution in [-0.2, 0) is 0 Å². The molecule has 0 saturated heterocycles. The minimum Gasteiger partial charge on any atom is -0.496 e. The van der Waals surface area contributed by atoms with Crippen molar-refractivity contribution < 1.29 is 22.8 Å². The van der Waals surface area contributed by atoms with Crippen LogP contribution < -0.4 is 4.74 Å². The molecular formula is C10H10F3NO3. The summed E-state index contributed by atoms with van der Waals surface area (Å²) in [6, 6.07) is 3.58. The van der Waals surface area contributed by atoms with Crippen molar-refractivity contribution in [1.82, 2.24) is 0 Å². The molecule has 0 spiro atoms. The molecule has 1 rings (SSSR count). The number of hydrogen-bond acceptors (Lipinski definition) is 3. The molecule has 0 heterocycles. The average molecular weight is 249 g/mol. The van der Waals surface area contributed by atoms with Crippen LogP contribution in [0.3, 0.4) is 0 Å². The molecule has 0 bridgehead atoms. The molecule has 17 heavy (non-hydrogen) atoms. The topological polar surface area (TPSA) is 52.4 Å². The van der Waals surface area contributed by atoms with Gasteiger partial charge in [0.25, 0.3) is 5.69 Å². The molecule has 1 aromatic rings. The van der Waals surface area contributed by atoms with Gasteiger partial charge >= 0.3 is 6.18 Å². The standard InChI is InChI=1S/C10H10F3NO3/c1-6(10(11,12)13)9-7(14(15)16)4-3-5-8(9)17-2/h3-6H,1-2H3. The smallest absolute Gasteiger partial charge is 0.395 e. The Morgan fingerprint density at radius 3 is 2.41 bits per heavy atom. The lowest BCUT2D eigenvalue weighted by Crippen LogP contribution is -2.19. The predicted octanol–water partition coefficient (Wildman–Crippen LogP) is 3.27. The Morgan fingerprint density at radius 2 is 2.00 bits per heavy atom. The number of nitro benzene ring substituents is 1. The van der Waals surface area contributed by atoms with E-state index in [0.29, 0.717) is 0 Å². The second-order valence-corrected chi connectivity index (χ2v) is 3.41. The summed E-state index contributed by atoms with van der Waals surface area (Å²) in [7, 11) is 1.17. The van der Waals surface area contributed by atoms with Crippen molar-refractivity contribution in [2.24, 2.45) is 0 Å². The van der Waals surface area contributed by atoms with E-state index >= 15 is 0 Å². The highest BCUT2D eigenvalue weighted by atomic mass is 19.4. The zero-order chi connectivity index (χ0) is 13.2. The fourth-order valence-electron chi connectivity index (χ4n) is 1.47. The Kier molecular flexibility index (Phi) is 3.59. The van der Waals surface area contributed by atoms with E-state index in [1.165, 1.54) is 19.2 Å². The van der Waals surface area contributed by atoms with Crippen LogP contribution in [0.1, 0.15) is 18.4 Å². The first kappa shape index (κ1) is 13.3. The van der Waals surface area contributed by atoms with Gasteiger partial charge in [0.15, 0.2) is 0 Å². The maximum Gasteiger partial charge on any atom is 0.395 e. The number of rotatable bonds is 3. The lowest BCUT2D eigenvalue weighted by Gasteiger charge is -2.18. The number of nitrogens with zero attached hydrogens (tertiary/aromatic N) is 1. The van der Waals surface area contributed by atoms with Gasteiger partial charge < -0.3 is 4.74 Å². The number of ether oxygens (including phenoxy) is 1. The molecule has 0 fully saturated rings. The van der Waals surface area contributed by atoms with E-state index in [1.807, 2.05) is 0 Å². The van der Waals surface area contributed by atoms with E-state index in [0.717, 1.165) is 13.0 Å². The van der Waals surface area contributed by atoms with Crippen molar-refractivity contribution in [3.63, 3.8) is 0 Å². The van der Waals surface area contributed by atoms with Crippen LogP contribution in [0.5, 0.6) is 5.75 Å². The summed E-state index contributed by atoms with van der Waals surface area (Å²) in [5.41, 5.74) is -1.04. The molecule has 0 amide bonds. The second kappa shape index (κ2) is 4.60. The van der Waals surface area contributed by atoms with E-state index in [2.05, 4.69) is 0 Å². The summed E-state index contributed by atoms with van der Waals surface area (Å²) in [4.78, 5) is 9.86. The number of alkyl halides is 3. The fraction of sp³-hybridized carbons (Fsp3) is 0.400. The highest BCUT2D eigenvalue weighted by Gasteiger charge is 2.42. The van der Waals surface area contributed by atoms with Crippen LogP contribution in [0.4, 0.5) is 18.9 Å². The summed E-state index contributed by atoms with van der Waals surface area (Å²) in [5, 5.41) is 10.7. The van der Waals surface area contributed by atoms with Crippen LogP contribution >= 0.6 is 0 Å². The minimum absolute atomic E-state index is 0.135. The average Bonchev–Trinajstić information content (AvgIpc) is 2.25. The lowest BCUT2D eigenvalue weighted by molar-refractivity contribution is -0.386. The second-order valence-electron chi connectivity index (χ2n) is 3.41. The summed E-state index contributed by atoms with van der Waals surface area (Å²) >= 11 is 0. The van der Waals surface area contributed by atoms with Crippen LogP contribution in [-0.4, -0.2) is 18.2 Å². The van der Waals surface area contributed by atoms with Crippen LogP contribution in [0.15, 0.2) is 18.2 Å². The molecule has 0 radical (unpaired) electrons. The van der Waals surface area contributed by atoms with Gasteiger partial charge in [-0.25, -0.2) is 0 Å². The van der Waals surface area contributed by atoms with Crippen LogP contribution in [0.25, 0.3) is 0 Å². The van der Waals surface area contributed by atoms with Gasteiger partial charge in [-0.1, -0.05) is 6.07 Å². The van der Waals surface area contributed by atoms with Crippen molar-refractivity contribution in [3.05, 3.63) is 33.9 Å². The molecule has 94 valence electrons. The van der Waals surface area contributed by atoms with E-state index in [-0.39, 0.29) is 5.75 Å². The van der Waals surface area contributed by atoms with Gasteiger partial charge in [-0.3, -0.25) is 10.1 Å². The fourth-order valence-corrected chi connectivity index (χ4v) is 1.47. The molecule has 0 aliphatic carbocycles. The quantitative estimate of drug-likeness (QED) is 0.610. The summed E-state index contributed by atoms with van der Waals surface area (Å²) in [5.74, 6) is -2.09. The number of nitro groups is 1. The van der Waals surface area contributed by atoms with E-state index < -0.39 is 28.3 Å². The third-order valence-electron chi connectivity index (χ3n) is 2.38. The molecular weight excluding hydrogens is 239 g/mol. The van der Waals surface area contributed by atoms with Gasteiger partial charge in [0.1, 0.15) is 5.75 Å². The SMILES string of the molecule is COc1cccc([N+](=O)[O-])c1C(C)C(F)(F)F. The highest BCUT2D eigenvalue weighted by molar-refractivity contribution is 5.52. The summed E-state index contributed by atoms with van der Waals surface area (Å²) in [6.07, 6.45) is -4.56. The number of halogens is 3. The Bertz CT molecular complexity index is 431. The van der Waals surface area contributed by atoms with Crippen LogP contribution in [0.2, 0.25) is 0 Å². The van der Waals surface area contributed by atoms with E-state index in [1.54, 1.807) is 0 Å². The number of benzene rings is 1. The zero-order valence-electron chi connectivity index (χ0n) is 9.12. The van der Waals surface area contributed by atoms with Crippen molar-refractivity contribution in [1.29, 1.82) is 0 Å². The van der Waals surface area contributed by atoms with Crippen LogP contribution in [0, 0.1) is 10.1 Å². The summed E-state index contributed by atoms with van der Waals surface area (Å²) in [6.45, 7) is 0.866. The predicted molar refractivity (Wildman–Crippen MR) is 54.1 cm³/mol. The van der Waals surface area contributed by atoms with Crippen molar-refractivity contribution in [3.8, 4) is 5.75 Å². The molecule has 1 atom stereocenters. The normalized spacial score (nSPS) is 13.2. The van der Waals surface area contributed by atoms with Crippen molar-refractivity contribution in [2.45, 2.75) is 19.0 Å². The molecule has 0 saturated carbocycles. The Balaban J connectivity index is 3.42. The maximum absolute atomic E-state index is 12.6. The zero-order valence-corrected chi connectivity index (χ0v) is 9.12. The molecule has 7 heteroatoms. The van der Waals surface area contributed by atoms with E-state index in [4.69, 9.17) is 4.74 Å². The van der Waals surface area contributed by atoms with Gasteiger partial charge in [-0.2, -0.15) is 13.2 Å². The third-order valence-corrected chi connectivity index (χ3v) is 2.38. The number of hydrogen-bond donors (Lipinski definition) is 0. The van der Waals surface area contributed by atoms with Crippen molar-refractivity contribution in [2.75, 3.05) is 7.11 Å². The van der Waals surface area contributed by atoms with Gasteiger partial charge in [-0.15, -0.1) is 0 Å². The maximum atomic E-state index is 12.6. The van der Waals surface area contributed by atoms with Crippen molar-refractivity contribution >= 4 is 5.69 Å². The molecule has 1 aromatic carbocycles. The molecule has 0 aliphatic rings.